The molecule has 1 aliphatic rings. The second kappa shape index (κ2) is 11.7. The lowest BCUT2D eigenvalue weighted by Crippen LogP contribution is -2.44. The van der Waals surface area contributed by atoms with Crippen LogP contribution in [0.3, 0.4) is 0 Å². The highest BCUT2D eigenvalue weighted by molar-refractivity contribution is 5.95. The van der Waals surface area contributed by atoms with Crippen LogP contribution in [0.15, 0.2) is 91.3 Å². The van der Waals surface area contributed by atoms with Crippen molar-refractivity contribution in [2.45, 2.75) is 25.4 Å². The zero-order chi connectivity index (χ0) is 25.5. The van der Waals surface area contributed by atoms with Crippen molar-refractivity contribution in [3.63, 3.8) is 0 Å². The largest absolute Gasteiger partial charge is 0.497 e. The molecule has 0 aliphatic carbocycles. The van der Waals surface area contributed by atoms with Crippen LogP contribution in [-0.2, 0) is 6.54 Å². The van der Waals surface area contributed by atoms with Crippen LogP contribution in [-0.4, -0.2) is 47.0 Å². The van der Waals surface area contributed by atoms with Gasteiger partial charge in [0.15, 0.2) is 0 Å². The van der Waals surface area contributed by atoms with Gasteiger partial charge in [-0.3, -0.25) is 9.69 Å². The number of nitrogens with one attached hydrogen (secondary N) is 1. The molecule has 5 rings (SSSR count). The molecule has 0 atom stereocenters. The van der Waals surface area contributed by atoms with E-state index in [1.807, 2.05) is 48.5 Å². The van der Waals surface area contributed by atoms with Crippen molar-refractivity contribution < 1.29 is 14.3 Å². The molecule has 4 aromatic rings. The van der Waals surface area contributed by atoms with Crippen molar-refractivity contribution in [2.24, 2.45) is 0 Å². The third-order valence-electron chi connectivity index (χ3n) is 6.51. The molecule has 0 unspecified atom stereocenters. The number of amides is 1. The van der Waals surface area contributed by atoms with Gasteiger partial charge in [0.1, 0.15) is 11.5 Å². The van der Waals surface area contributed by atoms with Crippen LogP contribution in [0.25, 0.3) is 11.1 Å². The number of carbonyl (C=O) groups excluding carboxylic acids is 1. The quantitative estimate of drug-likeness (QED) is 0.356. The Hall–Kier alpha value is -4.23. The molecule has 0 spiro atoms. The molecule has 188 valence electrons. The summed E-state index contributed by atoms with van der Waals surface area (Å²) >= 11 is 0. The molecule has 1 aliphatic heterocycles. The highest BCUT2D eigenvalue weighted by atomic mass is 16.5. The topological polar surface area (TPSA) is 76.6 Å². The Kier molecular flexibility index (Phi) is 7.72. The Morgan fingerprint density at radius 1 is 0.892 bits per heavy atom. The number of methoxy groups -OCH3 is 1. The van der Waals surface area contributed by atoms with Crippen molar-refractivity contribution >= 4 is 5.91 Å². The van der Waals surface area contributed by atoms with E-state index in [1.54, 1.807) is 25.6 Å². The average molecular weight is 495 g/mol. The van der Waals surface area contributed by atoms with Gasteiger partial charge < -0.3 is 14.8 Å². The Balaban J connectivity index is 1.16. The molecule has 7 heteroatoms. The number of carbonyl (C=O) groups is 1. The molecule has 1 N–H and O–H groups in total. The maximum Gasteiger partial charge on any atom is 0.321 e. The number of ether oxygens (including phenoxy) is 2. The molecule has 1 fully saturated rings. The Morgan fingerprint density at radius 2 is 1.62 bits per heavy atom. The Morgan fingerprint density at radius 3 is 2.38 bits per heavy atom. The van der Waals surface area contributed by atoms with Crippen LogP contribution in [0.2, 0.25) is 0 Å². The summed E-state index contributed by atoms with van der Waals surface area (Å²) in [7, 11) is 1.61. The predicted octanol–water partition coefficient (Wildman–Crippen LogP) is 5.34. The van der Waals surface area contributed by atoms with Gasteiger partial charge in [-0.25, -0.2) is 9.97 Å². The maximum absolute atomic E-state index is 13.0. The summed E-state index contributed by atoms with van der Waals surface area (Å²) in [5.41, 5.74) is 3.63. The van der Waals surface area contributed by atoms with E-state index in [2.05, 4.69) is 44.5 Å². The van der Waals surface area contributed by atoms with Gasteiger partial charge in [-0.1, -0.05) is 48.5 Å². The second-order valence-electron chi connectivity index (χ2n) is 9.13. The molecule has 0 radical (unpaired) electrons. The van der Waals surface area contributed by atoms with E-state index in [1.165, 1.54) is 5.56 Å². The van der Waals surface area contributed by atoms with Crippen molar-refractivity contribution in [2.75, 3.05) is 20.2 Å². The Labute approximate surface area is 217 Å². The molecule has 37 heavy (non-hydrogen) atoms. The fourth-order valence-electron chi connectivity index (χ4n) is 4.47. The van der Waals surface area contributed by atoms with E-state index in [0.717, 1.165) is 43.6 Å². The van der Waals surface area contributed by atoms with E-state index in [9.17, 15) is 4.79 Å². The van der Waals surface area contributed by atoms with Crippen molar-refractivity contribution in [1.82, 2.24) is 20.2 Å². The molecule has 2 heterocycles. The van der Waals surface area contributed by atoms with Gasteiger partial charge in [0, 0.05) is 55.3 Å². The molecule has 3 aromatic carbocycles. The number of aromatic nitrogens is 2. The summed E-state index contributed by atoms with van der Waals surface area (Å²) in [6.07, 6.45) is 5.28. The third-order valence-corrected chi connectivity index (χ3v) is 6.51. The van der Waals surface area contributed by atoms with Crippen molar-refractivity contribution in [3.8, 4) is 28.6 Å². The highest BCUT2D eigenvalue weighted by Gasteiger charge is 2.21. The minimum atomic E-state index is -0.0535. The standard InChI is InChI=1S/C30H30N4O3/c1-36-27-11-6-12-28(18-27)37-30-31-19-25(20-32-30)23-9-5-10-24(17-23)29(35)33-26-13-15-34(16-14-26)21-22-7-3-2-4-8-22/h2-12,17-20,26H,13-16,21H2,1H3,(H,33,35). The molecule has 7 nitrogen and oxygen atoms in total. The lowest BCUT2D eigenvalue weighted by atomic mass is 10.0. The van der Waals surface area contributed by atoms with Gasteiger partial charge in [-0.05, 0) is 48.2 Å². The maximum atomic E-state index is 13.0. The smallest absolute Gasteiger partial charge is 0.321 e. The van der Waals surface area contributed by atoms with Crippen LogP contribution in [0.5, 0.6) is 17.5 Å². The van der Waals surface area contributed by atoms with Crippen LogP contribution >= 0.6 is 0 Å². The zero-order valence-corrected chi connectivity index (χ0v) is 20.8. The van der Waals surface area contributed by atoms with Crippen LogP contribution in [0, 0.1) is 0 Å². The number of piperidine rings is 1. The Bertz CT molecular complexity index is 1320. The normalized spacial score (nSPS) is 14.2. The third kappa shape index (κ3) is 6.51. The van der Waals surface area contributed by atoms with Gasteiger partial charge in [-0.2, -0.15) is 0 Å². The highest BCUT2D eigenvalue weighted by Crippen LogP contribution is 2.25. The van der Waals surface area contributed by atoms with Crippen LogP contribution < -0.4 is 14.8 Å². The molecular weight excluding hydrogens is 464 g/mol. The van der Waals surface area contributed by atoms with E-state index in [4.69, 9.17) is 9.47 Å². The molecule has 1 aromatic heterocycles. The molecule has 1 amide bonds. The van der Waals surface area contributed by atoms with E-state index >= 15 is 0 Å². The molecule has 0 bridgehead atoms. The lowest BCUT2D eigenvalue weighted by molar-refractivity contribution is 0.0909. The van der Waals surface area contributed by atoms with E-state index in [0.29, 0.717) is 17.1 Å². The van der Waals surface area contributed by atoms with Gasteiger partial charge in [0.2, 0.25) is 0 Å². The predicted molar refractivity (Wildman–Crippen MR) is 143 cm³/mol. The van der Waals surface area contributed by atoms with Gasteiger partial charge >= 0.3 is 6.01 Å². The van der Waals surface area contributed by atoms with E-state index in [-0.39, 0.29) is 18.0 Å². The first-order valence-electron chi connectivity index (χ1n) is 12.5. The summed E-state index contributed by atoms with van der Waals surface area (Å²) in [5, 5.41) is 3.22. The molecular formula is C30H30N4O3. The number of likely N-dealkylation sites (tertiary alicyclic amines) is 1. The number of rotatable bonds is 8. The first-order valence-corrected chi connectivity index (χ1v) is 12.5. The van der Waals surface area contributed by atoms with Crippen LogP contribution in [0.4, 0.5) is 0 Å². The van der Waals surface area contributed by atoms with Crippen molar-refractivity contribution in [3.05, 3.63) is 102 Å². The van der Waals surface area contributed by atoms with Crippen LogP contribution in [0.1, 0.15) is 28.8 Å². The van der Waals surface area contributed by atoms with Crippen molar-refractivity contribution in [1.29, 1.82) is 0 Å². The summed E-state index contributed by atoms with van der Waals surface area (Å²) in [6, 6.07) is 25.7. The molecule has 1 saturated heterocycles. The molecule has 0 saturated carbocycles. The monoisotopic (exact) mass is 494 g/mol. The number of hydrogen-bond acceptors (Lipinski definition) is 6. The summed E-state index contributed by atoms with van der Waals surface area (Å²) in [6.45, 7) is 2.90. The SMILES string of the molecule is COc1cccc(Oc2ncc(-c3cccc(C(=O)NC4CCN(Cc5ccccc5)CC4)c3)cn2)c1. The number of benzene rings is 3. The summed E-state index contributed by atoms with van der Waals surface area (Å²) in [5.74, 6) is 1.24. The van der Waals surface area contributed by atoms with Gasteiger partial charge in [-0.15, -0.1) is 0 Å². The van der Waals surface area contributed by atoms with Gasteiger partial charge in [0.05, 0.1) is 7.11 Å². The summed E-state index contributed by atoms with van der Waals surface area (Å²) in [4.78, 5) is 24.1. The fourth-order valence-corrected chi connectivity index (χ4v) is 4.47. The first kappa shape index (κ1) is 24.5. The first-order chi connectivity index (χ1) is 18.2. The van der Waals surface area contributed by atoms with E-state index < -0.39 is 0 Å². The van der Waals surface area contributed by atoms with Gasteiger partial charge in [0.25, 0.3) is 5.91 Å². The minimum Gasteiger partial charge on any atom is -0.497 e. The second-order valence-corrected chi connectivity index (χ2v) is 9.13. The fraction of sp³-hybridized carbons (Fsp3) is 0.233. The number of hydrogen-bond donors (Lipinski definition) is 1. The summed E-state index contributed by atoms with van der Waals surface area (Å²) < 4.78 is 10.9. The lowest BCUT2D eigenvalue weighted by Gasteiger charge is -2.32. The number of nitrogens with zero attached hydrogens (tertiary/aromatic N) is 3. The average Bonchev–Trinajstić information content (AvgIpc) is 2.95. The minimum absolute atomic E-state index is 0.0535. The zero-order valence-electron chi connectivity index (χ0n) is 20.8.